The summed E-state index contributed by atoms with van der Waals surface area (Å²) >= 11 is 0. The Morgan fingerprint density at radius 2 is 2.36 bits per heavy atom. The Morgan fingerprint density at radius 3 is 3.07 bits per heavy atom. The van der Waals surface area contributed by atoms with Crippen molar-refractivity contribution in [2.45, 2.75) is 19.4 Å². The zero-order valence-corrected chi connectivity index (χ0v) is 8.32. The van der Waals surface area contributed by atoms with Crippen molar-refractivity contribution in [3.63, 3.8) is 0 Å². The molecule has 1 fully saturated rings. The summed E-state index contributed by atoms with van der Waals surface area (Å²) in [7, 11) is 0. The quantitative estimate of drug-likeness (QED) is 0.728. The van der Waals surface area contributed by atoms with E-state index in [1.54, 1.807) is 0 Å². The minimum Gasteiger partial charge on any atom is -0.488 e. The molecule has 1 aliphatic rings. The molecule has 1 aromatic rings. The van der Waals surface area contributed by atoms with Crippen LogP contribution in [-0.2, 0) is 4.74 Å². The van der Waals surface area contributed by atoms with Gasteiger partial charge in [-0.1, -0.05) is 6.07 Å². The topological polar surface area (TPSA) is 44.5 Å². The first-order valence-electron chi connectivity index (χ1n) is 4.86. The SMILES string of the molecule is Cc1ccc(N)cc1O[C@H]1CCOC1. The number of ether oxygens (including phenoxy) is 2. The third-order valence-corrected chi connectivity index (χ3v) is 2.39. The summed E-state index contributed by atoms with van der Waals surface area (Å²) in [6.45, 7) is 3.50. The van der Waals surface area contributed by atoms with Crippen LogP contribution in [0.1, 0.15) is 12.0 Å². The Morgan fingerprint density at radius 1 is 1.50 bits per heavy atom. The third kappa shape index (κ3) is 1.99. The molecule has 0 aromatic heterocycles. The smallest absolute Gasteiger partial charge is 0.124 e. The van der Waals surface area contributed by atoms with Gasteiger partial charge in [0.05, 0.1) is 13.2 Å². The molecule has 0 spiro atoms. The number of rotatable bonds is 2. The van der Waals surface area contributed by atoms with Crippen LogP contribution in [0.25, 0.3) is 0 Å². The minimum absolute atomic E-state index is 0.190. The van der Waals surface area contributed by atoms with Gasteiger partial charge < -0.3 is 15.2 Å². The van der Waals surface area contributed by atoms with Gasteiger partial charge in [-0.2, -0.15) is 0 Å². The van der Waals surface area contributed by atoms with E-state index in [4.69, 9.17) is 15.2 Å². The molecule has 0 bridgehead atoms. The number of hydrogen-bond acceptors (Lipinski definition) is 3. The van der Waals surface area contributed by atoms with Crippen molar-refractivity contribution in [3.8, 4) is 5.75 Å². The standard InChI is InChI=1S/C11H15NO2/c1-8-2-3-9(12)6-11(8)14-10-4-5-13-7-10/h2-3,6,10H,4-5,7,12H2,1H3/t10-/m0/s1. The highest BCUT2D eigenvalue weighted by Gasteiger charge is 2.17. The molecule has 1 aliphatic heterocycles. The highest BCUT2D eigenvalue weighted by molar-refractivity contribution is 5.48. The Bertz CT molecular complexity index is 319. The first-order valence-corrected chi connectivity index (χ1v) is 4.86. The Balaban J connectivity index is 2.10. The van der Waals surface area contributed by atoms with E-state index in [1.165, 1.54) is 0 Å². The lowest BCUT2D eigenvalue weighted by molar-refractivity contribution is 0.141. The molecule has 0 aliphatic carbocycles. The van der Waals surface area contributed by atoms with E-state index in [0.29, 0.717) is 6.61 Å². The highest BCUT2D eigenvalue weighted by Crippen LogP contribution is 2.23. The Hall–Kier alpha value is -1.22. The van der Waals surface area contributed by atoms with Gasteiger partial charge in [-0.15, -0.1) is 0 Å². The van der Waals surface area contributed by atoms with Crippen molar-refractivity contribution in [2.24, 2.45) is 0 Å². The summed E-state index contributed by atoms with van der Waals surface area (Å²) in [5.74, 6) is 0.875. The van der Waals surface area contributed by atoms with Gasteiger partial charge in [-0.25, -0.2) is 0 Å². The summed E-state index contributed by atoms with van der Waals surface area (Å²) in [5.41, 5.74) is 7.55. The second-order valence-electron chi connectivity index (χ2n) is 3.63. The number of nitrogens with two attached hydrogens (primary N) is 1. The number of anilines is 1. The van der Waals surface area contributed by atoms with Crippen molar-refractivity contribution in [3.05, 3.63) is 23.8 Å². The van der Waals surface area contributed by atoms with Gasteiger partial charge in [-0.05, 0) is 18.6 Å². The number of benzene rings is 1. The van der Waals surface area contributed by atoms with Crippen molar-refractivity contribution in [2.75, 3.05) is 18.9 Å². The van der Waals surface area contributed by atoms with Crippen molar-refractivity contribution >= 4 is 5.69 Å². The van der Waals surface area contributed by atoms with Crippen LogP contribution in [0.2, 0.25) is 0 Å². The van der Waals surface area contributed by atoms with Crippen molar-refractivity contribution in [1.29, 1.82) is 0 Å². The van der Waals surface area contributed by atoms with E-state index in [2.05, 4.69) is 0 Å². The number of aryl methyl sites for hydroxylation is 1. The molecule has 0 saturated carbocycles. The van der Waals surface area contributed by atoms with E-state index in [9.17, 15) is 0 Å². The summed E-state index contributed by atoms with van der Waals surface area (Å²) < 4.78 is 11.0. The predicted octanol–water partition coefficient (Wildman–Crippen LogP) is 1.74. The molecule has 14 heavy (non-hydrogen) atoms. The highest BCUT2D eigenvalue weighted by atomic mass is 16.5. The molecular weight excluding hydrogens is 178 g/mol. The van der Waals surface area contributed by atoms with Crippen molar-refractivity contribution < 1.29 is 9.47 Å². The lowest BCUT2D eigenvalue weighted by Crippen LogP contribution is -2.16. The maximum absolute atomic E-state index is 5.78. The Kier molecular flexibility index (Phi) is 2.59. The molecule has 0 radical (unpaired) electrons. The molecule has 2 N–H and O–H groups in total. The second-order valence-corrected chi connectivity index (χ2v) is 3.63. The number of hydrogen-bond donors (Lipinski definition) is 1. The average Bonchev–Trinajstić information content (AvgIpc) is 2.64. The normalized spacial score (nSPS) is 21.1. The van der Waals surface area contributed by atoms with Crippen LogP contribution in [0.15, 0.2) is 18.2 Å². The fourth-order valence-corrected chi connectivity index (χ4v) is 1.53. The molecule has 0 amide bonds. The van der Waals surface area contributed by atoms with Gasteiger partial charge in [0.15, 0.2) is 0 Å². The largest absolute Gasteiger partial charge is 0.488 e. The molecule has 1 heterocycles. The third-order valence-electron chi connectivity index (χ3n) is 2.39. The molecule has 0 unspecified atom stereocenters. The van der Waals surface area contributed by atoms with Crippen LogP contribution in [0, 0.1) is 6.92 Å². The zero-order valence-electron chi connectivity index (χ0n) is 8.32. The maximum Gasteiger partial charge on any atom is 0.124 e. The summed E-state index contributed by atoms with van der Waals surface area (Å²) in [5, 5.41) is 0. The van der Waals surface area contributed by atoms with Gasteiger partial charge in [0.25, 0.3) is 0 Å². The zero-order chi connectivity index (χ0) is 9.97. The molecule has 1 saturated heterocycles. The first-order chi connectivity index (χ1) is 6.75. The summed E-state index contributed by atoms with van der Waals surface area (Å²) in [4.78, 5) is 0. The van der Waals surface area contributed by atoms with Gasteiger partial charge in [0, 0.05) is 18.2 Å². The van der Waals surface area contributed by atoms with Gasteiger partial charge in [0.2, 0.25) is 0 Å². The first kappa shape index (κ1) is 9.34. The van der Waals surface area contributed by atoms with E-state index in [1.807, 2.05) is 25.1 Å². The predicted molar refractivity (Wildman–Crippen MR) is 55.4 cm³/mol. The fraction of sp³-hybridized carbons (Fsp3) is 0.455. The molecule has 3 nitrogen and oxygen atoms in total. The molecule has 1 atom stereocenters. The van der Waals surface area contributed by atoms with E-state index in [-0.39, 0.29) is 6.10 Å². The lowest BCUT2D eigenvalue weighted by atomic mass is 10.2. The molecular formula is C11H15NO2. The van der Waals surface area contributed by atoms with E-state index in [0.717, 1.165) is 30.0 Å². The lowest BCUT2D eigenvalue weighted by Gasteiger charge is -2.14. The Labute approximate surface area is 83.8 Å². The van der Waals surface area contributed by atoms with Gasteiger partial charge in [0.1, 0.15) is 11.9 Å². The maximum atomic E-state index is 5.78. The van der Waals surface area contributed by atoms with E-state index < -0.39 is 0 Å². The minimum atomic E-state index is 0.190. The van der Waals surface area contributed by atoms with Crippen LogP contribution >= 0.6 is 0 Å². The second kappa shape index (κ2) is 3.88. The molecule has 3 heteroatoms. The van der Waals surface area contributed by atoms with E-state index >= 15 is 0 Å². The van der Waals surface area contributed by atoms with Gasteiger partial charge >= 0.3 is 0 Å². The molecule has 2 rings (SSSR count). The average molecular weight is 193 g/mol. The molecule has 76 valence electrons. The van der Waals surface area contributed by atoms with Crippen molar-refractivity contribution in [1.82, 2.24) is 0 Å². The fourth-order valence-electron chi connectivity index (χ4n) is 1.53. The van der Waals surface area contributed by atoms with Crippen LogP contribution < -0.4 is 10.5 Å². The van der Waals surface area contributed by atoms with Gasteiger partial charge in [-0.3, -0.25) is 0 Å². The van der Waals surface area contributed by atoms with Crippen LogP contribution in [0.3, 0.4) is 0 Å². The summed E-state index contributed by atoms with van der Waals surface area (Å²) in [6, 6.07) is 5.72. The van der Waals surface area contributed by atoms with Crippen LogP contribution in [0.4, 0.5) is 5.69 Å². The van der Waals surface area contributed by atoms with Crippen LogP contribution in [-0.4, -0.2) is 19.3 Å². The number of nitrogen functional groups attached to an aromatic ring is 1. The monoisotopic (exact) mass is 193 g/mol. The summed E-state index contributed by atoms with van der Waals surface area (Å²) in [6.07, 6.45) is 1.16. The molecule has 1 aromatic carbocycles. The van der Waals surface area contributed by atoms with Crippen LogP contribution in [0.5, 0.6) is 5.75 Å².